The number of nitrogens with one attached hydrogen (secondary N) is 1. The molecule has 1 unspecified atom stereocenters. The summed E-state index contributed by atoms with van der Waals surface area (Å²) < 4.78 is 2.38. The maximum absolute atomic E-state index is 4.88. The molecule has 1 N–H and O–H groups in total. The van der Waals surface area contributed by atoms with Gasteiger partial charge in [-0.25, -0.2) is 0 Å². The summed E-state index contributed by atoms with van der Waals surface area (Å²) in [5.74, 6) is 0. The van der Waals surface area contributed by atoms with E-state index in [1.165, 1.54) is 32.4 Å². The molecular weight excluding hydrogens is 442 g/mol. The first-order valence-electron chi connectivity index (χ1n) is 9.08. The first-order chi connectivity index (χ1) is 12.2. The van der Waals surface area contributed by atoms with E-state index in [9.17, 15) is 0 Å². The van der Waals surface area contributed by atoms with Crippen molar-refractivity contribution >= 4 is 31.9 Å². The number of aromatic nitrogens is 1. The first-order valence-corrected chi connectivity index (χ1v) is 10.7. The standard InChI is InChI=1S/C20H23Br2N3/c1-2-13-3-6-17-16(18(13)22)5-4-14-11-15(21)12-24-19(14)20(17)25-9-7-23-8-10-25/h3,6,11-12,20,23H,2,4-5,7-10H2,1H3. The molecule has 0 saturated carbocycles. The number of pyridine rings is 1. The van der Waals surface area contributed by atoms with E-state index in [4.69, 9.17) is 4.98 Å². The fourth-order valence-electron chi connectivity index (χ4n) is 4.12. The lowest BCUT2D eigenvalue weighted by atomic mass is 9.94. The molecule has 1 aromatic carbocycles. The fourth-order valence-corrected chi connectivity index (χ4v) is 5.34. The number of piperazine rings is 1. The highest BCUT2D eigenvalue weighted by Gasteiger charge is 2.32. The molecule has 1 aromatic heterocycles. The van der Waals surface area contributed by atoms with E-state index in [1.807, 2.05) is 6.20 Å². The van der Waals surface area contributed by atoms with Crippen molar-refractivity contribution < 1.29 is 0 Å². The molecule has 0 radical (unpaired) electrons. The van der Waals surface area contributed by atoms with Crippen LogP contribution in [0.5, 0.6) is 0 Å². The Hall–Kier alpha value is -0.750. The molecule has 132 valence electrons. The minimum atomic E-state index is 0.255. The molecule has 0 bridgehead atoms. The number of hydrogen-bond donors (Lipinski definition) is 1. The quantitative estimate of drug-likeness (QED) is 0.719. The van der Waals surface area contributed by atoms with Gasteiger partial charge in [-0.15, -0.1) is 0 Å². The Morgan fingerprint density at radius 2 is 2.00 bits per heavy atom. The number of hydrogen-bond acceptors (Lipinski definition) is 3. The van der Waals surface area contributed by atoms with E-state index >= 15 is 0 Å². The predicted octanol–water partition coefficient (Wildman–Crippen LogP) is 4.26. The van der Waals surface area contributed by atoms with Gasteiger partial charge >= 0.3 is 0 Å². The molecule has 0 amide bonds. The van der Waals surface area contributed by atoms with Crippen molar-refractivity contribution in [2.75, 3.05) is 26.2 Å². The van der Waals surface area contributed by atoms with E-state index in [0.717, 1.165) is 49.9 Å². The van der Waals surface area contributed by atoms with Crippen molar-refractivity contribution in [2.24, 2.45) is 0 Å². The Morgan fingerprint density at radius 1 is 1.20 bits per heavy atom. The zero-order chi connectivity index (χ0) is 17.4. The average Bonchev–Trinajstić information content (AvgIpc) is 2.79. The van der Waals surface area contributed by atoms with Crippen LogP contribution >= 0.6 is 31.9 Å². The van der Waals surface area contributed by atoms with E-state index in [1.54, 1.807) is 0 Å². The van der Waals surface area contributed by atoms with Crippen molar-refractivity contribution in [1.82, 2.24) is 15.2 Å². The van der Waals surface area contributed by atoms with E-state index in [-0.39, 0.29) is 6.04 Å². The summed E-state index contributed by atoms with van der Waals surface area (Å²) >= 11 is 7.52. The first kappa shape index (κ1) is 17.7. The van der Waals surface area contributed by atoms with Crippen molar-refractivity contribution in [3.8, 4) is 0 Å². The second kappa shape index (κ2) is 7.47. The fraction of sp³-hybridized carbons (Fsp3) is 0.450. The van der Waals surface area contributed by atoms with Crippen LogP contribution in [0.2, 0.25) is 0 Å². The highest BCUT2D eigenvalue weighted by molar-refractivity contribution is 9.10. The highest BCUT2D eigenvalue weighted by Crippen LogP contribution is 2.40. The second-order valence-corrected chi connectivity index (χ2v) is 8.56. The van der Waals surface area contributed by atoms with Gasteiger partial charge in [-0.1, -0.05) is 35.0 Å². The minimum Gasteiger partial charge on any atom is -0.314 e. The molecule has 1 aliphatic carbocycles. The van der Waals surface area contributed by atoms with Gasteiger partial charge in [-0.05, 0) is 63.5 Å². The van der Waals surface area contributed by atoms with Crippen LogP contribution in [0.3, 0.4) is 0 Å². The largest absolute Gasteiger partial charge is 0.314 e. The van der Waals surface area contributed by atoms with Crippen LogP contribution in [-0.4, -0.2) is 36.1 Å². The number of fused-ring (bicyclic) bond motifs is 2. The number of nitrogens with zero attached hydrogens (tertiary/aromatic N) is 2. The molecule has 1 atom stereocenters. The predicted molar refractivity (Wildman–Crippen MR) is 109 cm³/mol. The summed E-state index contributed by atoms with van der Waals surface area (Å²) in [6, 6.07) is 7.16. The highest BCUT2D eigenvalue weighted by atomic mass is 79.9. The third-order valence-corrected chi connectivity index (χ3v) is 6.84. The van der Waals surface area contributed by atoms with Crippen molar-refractivity contribution in [2.45, 2.75) is 32.2 Å². The zero-order valence-electron chi connectivity index (χ0n) is 14.5. The van der Waals surface area contributed by atoms with E-state index < -0.39 is 0 Å². The minimum absolute atomic E-state index is 0.255. The Kier molecular flexibility index (Phi) is 5.28. The lowest BCUT2D eigenvalue weighted by Gasteiger charge is -2.36. The van der Waals surface area contributed by atoms with Gasteiger partial charge in [0.05, 0.1) is 11.7 Å². The maximum atomic E-state index is 4.88. The van der Waals surface area contributed by atoms with E-state index in [2.05, 4.69) is 67.2 Å². The molecule has 2 heterocycles. The van der Waals surface area contributed by atoms with Crippen LogP contribution in [-0.2, 0) is 19.3 Å². The monoisotopic (exact) mass is 463 g/mol. The number of aryl methyl sites for hydroxylation is 2. The summed E-state index contributed by atoms with van der Waals surface area (Å²) in [5, 5.41) is 3.48. The molecule has 2 aliphatic rings. The van der Waals surface area contributed by atoms with Crippen LogP contribution in [0.1, 0.15) is 40.9 Å². The van der Waals surface area contributed by atoms with Gasteiger partial charge in [-0.3, -0.25) is 9.88 Å². The molecule has 2 aromatic rings. The molecule has 1 saturated heterocycles. The molecule has 1 aliphatic heterocycles. The average molecular weight is 465 g/mol. The summed E-state index contributed by atoms with van der Waals surface area (Å²) in [7, 11) is 0. The smallest absolute Gasteiger partial charge is 0.0783 e. The van der Waals surface area contributed by atoms with Gasteiger partial charge in [0, 0.05) is 41.3 Å². The lowest BCUT2D eigenvalue weighted by molar-refractivity contribution is 0.195. The maximum Gasteiger partial charge on any atom is 0.0783 e. The SMILES string of the molecule is CCc1ccc2c(c1Br)CCc1cc(Br)cnc1C2N1CCNCC1. The molecule has 1 fully saturated rings. The Labute approximate surface area is 166 Å². The van der Waals surface area contributed by atoms with Crippen LogP contribution < -0.4 is 5.32 Å². The molecular formula is C20H23Br2N3. The molecule has 3 nitrogen and oxygen atoms in total. The molecule has 25 heavy (non-hydrogen) atoms. The Bertz CT molecular complexity index is 785. The lowest BCUT2D eigenvalue weighted by Crippen LogP contribution is -2.45. The third kappa shape index (κ3) is 3.32. The Balaban J connectivity index is 1.89. The van der Waals surface area contributed by atoms with Crippen LogP contribution in [0, 0.1) is 0 Å². The van der Waals surface area contributed by atoms with Gasteiger partial charge in [-0.2, -0.15) is 0 Å². The summed E-state index contributed by atoms with van der Waals surface area (Å²) in [5.41, 5.74) is 6.91. The number of benzene rings is 1. The zero-order valence-corrected chi connectivity index (χ0v) is 17.7. The second-order valence-electron chi connectivity index (χ2n) is 6.85. The summed E-state index contributed by atoms with van der Waals surface area (Å²) in [4.78, 5) is 7.48. The molecule has 4 rings (SSSR count). The van der Waals surface area contributed by atoms with Crippen molar-refractivity contribution in [3.05, 3.63) is 61.3 Å². The normalized spacial score (nSPS) is 20.7. The molecule has 0 spiro atoms. The van der Waals surface area contributed by atoms with Crippen molar-refractivity contribution in [3.63, 3.8) is 0 Å². The van der Waals surface area contributed by atoms with Gasteiger partial charge < -0.3 is 5.32 Å². The van der Waals surface area contributed by atoms with E-state index in [0.29, 0.717) is 0 Å². The van der Waals surface area contributed by atoms with Gasteiger partial charge in [0.25, 0.3) is 0 Å². The third-order valence-electron chi connectivity index (χ3n) is 5.42. The van der Waals surface area contributed by atoms with Crippen molar-refractivity contribution in [1.29, 1.82) is 0 Å². The van der Waals surface area contributed by atoms with Gasteiger partial charge in [0.1, 0.15) is 0 Å². The summed E-state index contributed by atoms with van der Waals surface area (Å²) in [6.45, 7) is 6.45. The number of halogens is 2. The Morgan fingerprint density at radius 3 is 2.76 bits per heavy atom. The van der Waals surface area contributed by atoms with Gasteiger partial charge in [0.2, 0.25) is 0 Å². The topological polar surface area (TPSA) is 28.2 Å². The summed E-state index contributed by atoms with van der Waals surface area (Å²) in [6.07, 6.45) is 5.12. The van der Waals surface area contributed by atoms with Gasteiger partial charge in [0.15, 0.2) is 0 Å². The van der Waals surface area contributed by atoms with Crippen LogP contribution in [0.15, 0.2) is 33.3 Å². The number of rotatable bonds is 2. The van der Waals surface area contributed by atoms with Crippen LogP contribution in [0.25, 0.3) is 0 Å². The molecule has 5 heteroatoms. The van der Waals surface area contributed by atoms with Crippen LogP contribution in [0.4, 0.5) is 0 Å².